The fraction of sp³-hybridized carbons (Fsp3) is 0.312. The summed E-state index contributed by atoms with van der Waals surface area (Å²) in [5.74, 6) is 1.44. The van der Waals surface area contributed by atoms with Gasteiger partial charge in [-0.15, -0.1) is 0 Å². The van der Waals surface area contributed by atoms with Crippen LogP contribution in [0.2, 0.25) is 0 Å². The van der Waals surface area contributed by atoms with Crippen LogP contribution in [-0.4, -0.2) is 10.5 Å². The van der Waals surface area contributed by atoms with E-state index in [0.717, 1.165) is 17.1 Å². The summed E-state index contributed by atoms with van der Waals surface area (Å²) in [4.78, 5) is 3.49. The molecule has 0 spiro atoms. The van der Waals surface area contributed by atoms with E-state index in [0.29, 0.717) is 11.3 Å². The molecule has 0 fully saturated rings. The lowest BCUT2D eigenvalue weighted by molar-refractivity contribution is 0.412. The summed E-state index contributed by atoms with van der Waals surface area (Å²) in [5, 5.41) is 4.21. The van der Waals surface area contributed by atoms with E-state index in [2.05, 4.69) is 54.4 Å². The molecule has 1 aromatic carbocycles. The molecule has 104 valence electrons. The van der Waals surface area contributed by atoms with Gasteiger partial charge in [0.1, 0.15) is 0 Å². The van der Waals surface area contributed by atoms with Crippen LogP contribution in [0.4, 0.5) is 5.69 Å². The van der Waals surface area contributed by atoms with Crippen LogP contribution < -0.4 is 4.90 Å². The Morgan fingerprint density at radius 2 is 2.10 bits per heavy atom. The van der Waals surface area contributed by atoms with Crippen LogP contribution in [0.1, 0.15) is 26.0 Å². The average Bonchev–Trinajstić information content (AvgIpc) is 3.16. The molecule has 0 saturated carbocycles. The summed E-state index contributed by atoms with van der Waals surface area (Å²) in [7, 11) is 0. The van der Waals surface area contributed by atoms with E-state index >= 15 is 0 Å². The van der Waals surface area contributed by atoms with E-state index in [1.165, 1.54) is 5.69 Å². The van der Waals surface area contributed by atoms with Gasteiger partial charge in [0.2, 0.25) is 0 Å². The van der Waals surface area contributed by atoms with Crippen LogP contribution in [-0.2, 0) is 0 Å². The maximum atomic E-state index is 5.30. The van der Waals surface area contributed by atoms with Gasteiger partial charge in [0.25, 0.3) is 0 Å². The summed E-state index contributed by atoms with van der Waals surface area (Å²) < 4.78 is 5.30. The number of rotatable bonds is 4. The molecule has 0 bridgehead atoms. The summed E-state index contributed by atoms with van der Waals surface area (Å²) in [5.41, 5.74) is 1.22. The second-order valence-corrected chi connectivity index (χ2v) is 6.17. The van der Waals surface area contributed by atoms with Gasteiger partial charge in [0.15, 0.2) is 5.76 Å². The molecule has 0 saturated heterocycles. The van der Waals surface area contributed by atoms with Crippen LogP contribution in [0.25, 0.3) is 4.91 Å². The molecule has 4 heteroatoms. The number of aromatic nitrogens is 1. The van der Waals surface area contributed by atoms with Gasteiger partial charge in [-0.05, 0) is 18.1 Å². The van der Waals surface area contributed by atoms with Gasteiger partial charge >= 0.3 is 0 Å². The van der Waals surface area contributed by atoms with E-state index in [4.69, 9.17) is 4.52 Å². The highest BCUT2D eigenvalue weighted by Gasteiger charge is 2.31. The smallest absolute Gasteiger partial charge is 0.174 e. The summed E-state index contributed by atoms with van der Waals surface area (Å²) in [6.07, 6.45) is 5.02. The Labute approximate surface area is 123 Å². The van der Waals surface area contributed by atoms with Crippen molar-refractivity contribution < 1.29 is 4.52 Å². The summed E-state index contributed by atoms with van der Waals surface area (Å²) in [6, 6.07) is 12.4. The van der Waals surface area contributed by atoms with Crippen molar-refractivity contribution in [2.75, 3.05) is 4.90 Å². The molecule has 1 aliphatic rings. The minimum absolute atomic E-state index is 0.405. The number of hydrogen-bond donors (Lipinski definition) is 0. The number of nitrogens with zero attached hydrogens (tertiary/aromatic N) is 2. The zero-order valence-electron chi connectivity index (χ0n) is 11.7. The molecule has 1 aromatic heterocycles. The lowest BCUT2D eigenvalue weighted by Crippen LogP contribution is -2.29. The second kappa shape index (κ2) is 5.75. The van der Waals surface area contributed by atoms with Gasteiger partial charge in [0.05, 0.1) is 16.5 Å². The van der Waals surface area contributed by atoms with E-state index in [1.807, 2.05) is 23.9 Å². The fourth-order valence-electron chi connectivity index (χ4n) is 2.30. The molecule has 2 atom stereocenters. The molecule has 3 rings (SSSR count). The SMILES string of the molecule is CCC(C)C1SC(c2ccno2)=CN1c1ccccc1. The van der Waals surface area contributed by atoms with E-state index < -0.39 is 0 Å². The van der Waals surface area contributed by atoms with Gasteiger partial charge in [-0.2, -0.15) is 0 Å². The van der Waals surface area contributed by atoms with Gasteiger partial charge in [-0.1, -0.05) is 55.4 Å². The first kappa shape index (κ1) is 13.3. The number of benzene rings is 1. The monoisotopic (exact) mass is 286 g/mol. The zero-order valence-corrected chi connectivity index (χ0v) is 12.5. The van der Waals surface area contributed by atoms with Crippen LogP contribution in [0.3, 0.4) is 0 Å². The third kappa shape index (κ3) is 2.48. The van der Waals surface area contributed by atoms with Crippen molar-refractivity contribution in [2.45, 2.75) is 25.6 Å². The highest BCUT2D eigenvalue weighted by molar-refractivity contribution is 8.09. The van der Waals surface area contributed by atoms with Gasteiger partial charge in [-0.3, -0.25) is 0 Å². The van der Waals surface area contributed by atoms with Crippen molar-refractivity contribution in [3.63, 3.8) is 0 Å². The Hall–Kier alpha value is -1.68. The van der Waals surface area contributed by atoms with Gasteiger partial charge in [0, 0.05) is 18.0 Å². The molecular weight excluding hydrogens is 268 g/mol. The number of hydrogen-bond acceptors (Lipinski definition) is 4. The van der Waals surface area contributed by atoms with Crippen molar-refractivity contribution in [3.8, 4) is 0 Å². The normalized spacial score (nSPS) is 20.0. The Balaban J connectivity index is 1.94. The Kier molecular flexibility index (Phi) is 3.83. The minimum Gasteiger partial charge on any atom is -0.356 e. The molecule has 2 aromatic rings. The summed E-state index contributed by atoms with van der Waals surface area (Å²) >= 11 is 1.86. The van der Waals surface area contributed by atoms with E-state index in [-0.39, 0.29) is 0 Å². The Morgan fingerprint density at radius 3 is 2.75 bits per heavy atom. The largest absolute Gasteiger partial charge is 0.356 e. The van der Waals surface area contributed by atoms with Crippen molar-refractivity contribution in [1.29, 1.82) is 0 Å². The van der Waals surface area contributed by atoms with E-state index in [1.54, 1.807) is 6.20 Å². The van der Waals surface area contributed by atoms with Crippen molar-refractivity contribution in [2.24, 2.45) is 5.92 Å². The molecule has 3 nitrogen and oxygen atoms in total. The van der Waals surface area contributed by atoms with Crippen LogP contribution in [0, 0.1) is 5.92 Å². The standard InChI is InChI=1S/C16H18N2OS/c1-3-12(2)16-18(13-7-5-4-6-8-13)11-15(20-16)14-9-10-17-19-14/h4-12,16H,3H2,1-2H3. The number of anilines is 1. The lowest BCUT2D eigenvalue weighted by Gasteiger charge is -2.29. The Bertz CT molecular complexity index is 580. The van der Waals surface area contributed by atoms with Gasteiger partial charge in [-0.25, -0.2) is 0 Å². The molecule has 0 amide bonds. The predicted molar refractivity (Wildman–Crippen MR) is 84.2 cm³/mol. The third-order valence-electron chi connectivity index (χ3n) is 3.64. The fourth-order valence-corrected chi connectivity index (χ4v) is 3.67. The first-order chi connectivity index (χ1) is 9.79. The van der Waals surface area contributed by atoms with Crippen molar-refractivity contribution >= 4 is 22.4 Å². The first-order valence-corrected chi connectivity index (χ1v) is 7.80. The zero-order chi connectivity index (χ0) is 13.9. The average molecular weight is 286 g/mol. The highest BCUT2D eigenvalue weighted by atomic mass is 32.2. The van der Waals surface area contributed by atoms with Crippen LogP contribution >= 0.6 is 11.8 Å². The molecule has 0 radical (unpaired) electrons. The van der Waals surface area contributed by atoms with E-state index in [9.17, 15) is 0 Å². The molecular formula is C16H18N2OS. The highest BCUT2D eigenvalue weighted by Crippen LogP contribution is 2.45. The maximum absolute atomic E-state index is 5.30. The maximum Gasteiger partial charge on any atom is 0.174 e. The molecule has 20 heavy (non-hydrogen) atoms. The summed E-state index contributed by atoms with van der Waals surface area (Å²) in [6.45, 7) is 4.53. The molecule has 2 heterocycles. The topological polar surface area (TPSA) is 29.3 Å². The van der Waals surface area contributed by atoms with Crippen molar-refractivity contribution in [3.05, 3.63) is 54.6 Å². The van der Waals surface area contributed by atoms with Crippen LogP contribution in [0.15, 0.2) is 53.3 Å². The van der Waals surface area contributed by atoms with Crippen molar-refractivity contribution in [1.82, 2.24) is 5.16 Å². The van der Waals surface area contributed by atoms with Gasteiger partial charge < -0.3 is 9.42 Å². The molecule has 0 N–H and O–H groups in total. The molecule has 1 aliphatic heterocycles. The minimum atomic E-state index is 0.405. The molecule has 0 aliphatic carbocycles. The second-order valence-electron chi connectivity index (χ2n) is 5.01. The Morgan fingerprint density at radius 1 is 1.30 bits per heavy atom. The number of thioether (sulfide) groups is 1. The third-order valence-corrected chi connectivity index (χ3v) is 5.14. The number of para-hydroxylation sites is 1. The predicted octanol–water partition coefficient (Wildman–Crippen LogP) is 4.60. The quantitative estimate of drug-likeness (QED) is 0.821. The first-order valence-electron chi connectivity index (χ1n) is 6.92. The van der Waals surface area contributed by atoms with Crippen LogP contribution in [0.5, 0.6) is 0 Å². The lowest BCUT2D eigenvalue weighted by atomic mass is 10.1. The molecule has 2 unspecified atom stereocenters.